The molecule has 0 rings (SSSR count). The van der Waals surface area contributed by atoms with Gasteiger partial charge in [0, 0.05) is 6.42 Å². The Morgan fingerprint density at radius 1 is 1.55 bits per heavy atom. The Morgan fingerprint density at radius 2 is 2.18 bits per heavy atom. The van der Waals surface area contributed by atoms with E-state index in [2.05, 4.69) is 11.7 Å². The third-order valence-electron chi connectivity index (χ3n) is 1.21. The van der Waals surface area contributed by atoms with Crippen molar-refractivity contribution in [3.05, 3.63) is 0 Å². The molecule has 0 aromatic rings. The first-order valence-corrected chi connectivity index (χ1v) is 3.71. The molecule has 4 nitrogen and oxygen atoms in total. The molecular formula is C7H14N2O2. The van der Waals surface area contributed by atoms with Crippen molar-refractivity contribution in [2.24, 2.45) is 5.73 Å². The highest BCUT2D eigenvalue weighted by Gasteiger charge is 2.02. The minimum atomic E-state index is -0.522. The molecule has 0 spiro atoms. The number of esters is 1. The van der Waals surface area contributed by atoms with E-state index in [0.717, 1.165) is 19.3 Å². The largest absolute Gasteiger partial charge is 0.393 e. The molecule has 0 saturated carbocycles. The van der Waals surface area contributed by atoms with Crippen molar-refractivity contribution in [1.82, 2.24) is 0 Å². The van der Waals surface area contributed by atoms with Crippen LogP contribution < -0.4 is 5.73 Å². The molecule has 0 aliphatic rings. The van der Waals surface area contributed by atoms with Crippen LogP contribution in [0.4, 0.5) is 0 Å². The van der Waals surface area contributed by atoms with Crippen LogP contribution in [0, 0.1) is 5.41 Å². The number of carbonyl (C=O) groups is 1. The van der Waals surface area contributed by atoms with Crippen LogP contribution >= 0.6 is 0 Å². The number of nitrogens with two attached hydrogens (primary N) is 1. The van der Waals surface area contributed by atoms with E-state index in [0.29, 0.717) is 6.42 Å². The maximum absolute atomic E-state index is 10.7. The van der Waals surface area contributed by atoms with Crippen LogP contribution in [0.25, 0.3) is 0 Å². The Hall–Kier alpha value is -1.06. The van der Waals surface area contributed by atoms with Crippen molar-refractivity contribution in [2.75, 3.05) is 0 Å². The standard InChI is InChI=1S/C7H14N2O2/c1-2-3-4-5-6(10)11-7(8)9/h2-5H2,1H3,(H3,8,9). The van der Waals surface area contributed by atoms with Gasteiger partial charge in [-0.05, 0) is 6.42 Å². The molecule has 11 heavy (non-hydrogen) atoms. The van der Waals surface area contributed by atoms with Gasteiger partial charge in [-0.1, -0.05) is 19.8 Å². The van der Waals surface area contributed by atoms with Gasteiger partial charge in [0.2, 0.25) is 0 Å². The second-order valence-electron chi connectivity index (χ2n) is 2.30. The number of unbranched alkanes of at least 4 members (excludes halogenated alkanes) is 2. The number of nitrogens with one attached hydrogen (secondary N) is 1. The van der Waals surface area contributed by atoms with Crippen LogP contribution in [0.15, 0.2) is 0 Å². The maximum atomic E-state index is 10.7. The second-order valence-corrected chi connectivity index (χ2v) is 2.30. The predicted molar refractivity (Wildman–Crippen MR) is 42.1 cm³/mol. The minimum absolute atomic E-state index is 0.355. The number of carbonyl (C=O) groups excluding carboxylic acids is 1. The number of ether oxygens (including phenoxy) is 1. The lowest BCUT2D eigenvalue weighted by molar-refractivity contribution is -0.135. The van der Waals surface area contributed by atoms with Crippen molar-refractivity contribution in [3.63, 3.8) is 0 Å². The SMILES string of the molecule is CCCCCC(=O)OC(=N)N. The molecule has 0 aromatic heterocycles. The first kappa shape index (κ1) is 9.94. The fraction of sp³-hybridized carbons (Fsp3) is 0.714. The van der Waals surface area contributed by atoms with Gasteiger partial charge in [-0.2, -0.15) is 0 Å². The summed E-state index contributed by atoms with van der Waals surface area (Å²) in [6, 6.07) is -0.522. The van der Waals surface area contributed by atoms with Gasteiger partial charge in [0.1, 0.15) is 0 Å². The van der Waals surface area contributed by atoms with Crippen LogP contribution in [0.2, 0.25) is 0 Å². The molecule has 0 radical (unpaired) electrons. The monoisotopic (exact) mass is 158 g/mol. The fourth-order valence-electron chi connectivity index (χ4n) is 0.693. The molecule has 4 heteroatoms. The lowest BCUT2D eigenvalue weighted by atomic mass is 10.2. The lowest BCUT2D eigenvalue weighted by Gasteiger charge is -1.99. The summed E-state index contributed by atoms with van der Waals surface area (Å²) in [6.45, 7) is 2.05. The van der Waals surface area contributed by atoms with Gasteiger partial charge in [-0.15, -0.1) is 0 Å². The van der Waals surface area contributed by atoms with Crippen molar-refractivity contribution < 1.29 is 9.53 Å². The molecule has 0 unspecified atom stereocenters. The average Bonchev–Trinajstić information content (AvgIpc) is 1.86. The van der Waals surface area contributed by atoms with Gasteiger partial charge in [-0.3, -0.25) is 10.2 Å². The zero-order chi connectivity index (χ0) is 8.69. The van der Waals surface area contributed by atoms with E-state index in [-0.39, 0.29) is 0 Å². The van der Waals surface area contributed by atoms with Gasteiger partial charge in [-0.25, -0.2) is 0 Å². The van der Waals surface area contributed by atoms with Gasteiger partial charge in [0.25, 0.3) is 6.02 Å². The number of hydrogen-bond acceptors (Lipinski definition) is 3. The Kier molecular flexibility index (Phi) is 5.15. The highest BCUT2D eigenvalue weighted by molar-refractivity contribution is 5.84. The molecule has 0 fully saturated rings. The summed E-state index contributed by atoms with van der Waals surface area (Å²) < 4.78 is 4.32. The zero-order valence-corrected chi connectivity index (χ0v) is 6.72. The Balaban J connectivity index is 3.30. The topological polar surface area (TPSA) is 76.2 Å². The molecule has 0 saturated heterocycles. The van der Waals surface area contributed by atoms with E-state index in [1.807, 2.05) is 0 Å². The summed E-state index contributed by atoms with van der Waals surface area (Å²) in [5.41, 5.74) is 4.84. The van der Waals surface area contributed by atoms with Crippen LogP contribution in [-0.2, 0) is 9.53 Å². The van der Waals surface area contributed by atoms with Crippen molar-refractivity contribution in [3.8, 4) is 0 Å². The molecule has 0 amide bonds. The lowest BCUT2D eigenvalue weighted by Crippen LogP contribution is -2.18. The summed E-state index contributed by atoms with van der Waals surface area (Å²) in [7, 11) is 0. The Bertz CT molecular complexity index is 145. The summed E-state index contributed by atoms with van der Waals surface area (Å²) in [5.74, 6) is -0.411. The third kappa shape index (κ3) is 6.83. The molecule has 0 aliphatic carbocycles. The second kappa shape index (κ2) is 5.70. The van der Waals surface area contributed by atoms with Gasteiger partial charge < -0.3 is 10.5 Å². The van der Waals surface area contributed by atoms with Crippen LogP contribution in [-0.4, -0.2) is 12.0 Å². The number of amidine groups is 1. The molecule has 0 aliphatic heterocycles. The minimum Gasteiger partial charge on any atom is -0.393 e. The molecular weight excluding hydrogens is 144 g/mol. The molecule has 0 bridgehead atoms. The first-order chi connectivity index (χ1) is 5.16. The first-order valence-electron chi connectivity index (χ1n) is 3.71. The van der Waals surface area contributed by atoms with E-state index >= 15 is 0 Å². The summed E-state index contributed by atoms with van der Waals surface area (Å²) in [4.78, 5) is 10.7. The van der Waals surface area contributed by atoms with E-state index < -0.39 is 12.0 Å². The van der Waals surface area contributed by atoms with Crippen LogP contribution in [0.1, 0.15) is 32.6 Å². The number of rotatable bonds is 4. The van der Waals surface area contributed by atoms with Crippen molar-refractivity contribution >= 4 is 12.0 Å². The van der Waals surface area contributed by atoms with E-state index in [4.69, 9.17) is 11.1 Å². The maximum Gasteiger partial charge on any atom is 0.313 e. The van der Waals surface area contributed by atoms with E-state index in [1.54, 1.807) is 0 Å². The molecule has 0 aromatic carbocycles. The van der Waals surface area contributed by atoms with Crippen LogP contribution in [0.5, 0.6) is 0 Å². The zero-order valence-electron chi connectivity index (χ0n) is 6.72. The van der Waals surface area contributed by atoms with Gasteiger partial charge in [0.05, 0.1) is 0 Å². The van der Waals surface area contributed by atoms with Crippen molar-refractivity contribution in [2.45, 2.75) is 32.6 Å². The van der Waals surface area contributed by atoms with E-state index in [1.165, 1.54) is 0 Å². The smallest absolute Gasteiger partial charge is 0.313 e. The summed E-state index contributed by atoms with van der Waals surface area (Å²) in [5, 5.41) is 6.64. The Morgan fingerprint density at radius 3 is 2.64 bits per heavy atom. The van der Waals surface area contributed by atoms with E-state index in [9.17, 15) is 4.79 Å². The molecule has 3 N–H and O–H groups in total. The Labute approximate surface area is 66.2 Å². The van der Waals surface area contributed by atoms with Crippen LogP contribution in [0.3, 0.4) is 0 Å². The normalized spacial score (nSPS) is 9.18. The average molecular weight is 158 g/mol. The predicted octanol–water partition coefficient (Wildman–Crippen LogP) is 1.00. The number of hydrogen-bond donors (Lipinski definition) is 2. The highest BCUT2D eigenvalue weighted by Crippen LogP contribution is 1.99. The molecule has 64 valence electrons. The molecule has 0 heterocycles. The third-order valence-corrected chi connectivity index (χ3v) is 1.21. The fourth-order valence-corrected chi connectivity index (χ4v) is 0.693. The summed E-state index contributed by atoms with van der Waals surface area (Å²) >= 11 is 0. The quantitative estimate of drug-likeness (QED) is 0.277. The summed E-state index contributed by atoms with van der Waals surface area (Å²) in [6.07, 6.45) is 3.23. The highest BCUT2D eigenvalue weighted by atomic mass is 16.5. The van der Waals surface area contributed by atoms with Gasteiger partial charge in [0.15, 0.2) is 0 Å². The van der Waals surface area contributed by atoms with Gasteiger partial charge >= 0.3 is 5.97 Å². The van der Waals surface area contributed by atoms with Crippen molar-refractivity contribution in [1.29, 1.82) is 5.41 Å². The molecule has 0 atom stereocenters.